The van der Waals surface area contributed by atoms with Gasteiger partial charge in [-0.3, -0.25) is 0 Å². The van der Waals surface area contributed by atoms with Gasteiger partial charge in [0, 0.05) is 62.6 Å². The number of fused-ring (bicyclic) bond motifs is 2. The number of nitrogens with zero attached hydrogens (tertiary/aromatic N) is 5. The molecule has 0 saturated carbocycles. The van der Waals surface area contributed by atoms with Crippen LogP contribution in [0.3, 0.4) is 0 Å². The molecule has 2 aliphatic heterocycles. The van der Waals surface area contributed by atoms with Crippen LogP contribution in [0, 0.1) is 13.8 Å². The van der Waals surface area contributed by atoms with E-state index in [2.05, 4.69) is 29.8 Å². The minimum Gasteiger partial charge on any atom is -0.486 e. The highest BCUT2D eigenvalue weighted by atomic mass is 33.1. The van der Waals surface area contributed by atoms with Gasteiger partial charge in [0.25, 0.3) is 0 Å². The topological polar surface area (TPSA) is 87.1 Å². The van der Waals surface area contributed by atoms with Gasteiger partial charge in [-0.25, -0.2) is 19.5 Å². The van der Waals surface area contributed by atoms with Crippen molar-refractivity contribution in [3.05, 3.63) is 106 Å². The van der Waals surface area contributed by atoms with E-state index in [1.165, 1.54) is 5.56 Å². The Balaban J connectivity index is 0.936. The summed E-state index contributed by atoms with van der Waals surface area (Å²) in [6.07, 6.45) is -0.369. The van der Waals surface area contributed by atoms with Crippen LogP contribution >= 0.6 is 32.9 Å². The van der Waals surface area contributed by atoms with Crippen molar-refractivity contribution in [1.82, 2.24) is 14.7 Å². The molecule has 1 saturated heterocycles. The molecule has 280 valence electrons. The summed E-state index contributed by atoms with van der Waals surface area (Å²) in [5.74, 6) is 2.91. The van der Waals surface area contributed by atoms with Gasteiger partial charge >= 0.3 is 12.2 Å². The number of aliphatic imine (C=N–C) groups is 1. The molecule has 2 amide bonds. The van der Waals surface area contributed by atoms with E-state index in [1.54, 1.807) is 49.8 Å². The van der Waals surface area contributed by atoms with Gasteiger partial charge in [0.15, 0.2) is 0 Å². The first kappa shape index (κ1) is 38.6. The van der Waals surface area contributed by atoms with Gasteiger partial charge in [0.2, 0.25) is 0 Å². The SMILES string of the molecule is Cc1ccc(OC(CCN(C)C(=O)OCCSSCCOC(=O)N2c3ccccc3N=C(N3CCN(C)CC3)c3cc(C)sc32)c2ccccc2)cc1. The number of amides is 2. The minimum atomic E-state index is -0.420. The van der Waals surface area contributed by atoms with E-state index in [4.69, 9.17) is 19.2 Å². The summed E-state index contributed by atoms with van der Waals surface area (Å²) < 4.78 is 17.7. The second-order valence-electron chi connectivity index (χ2n) is 13.0. The third kappa shape index (κ3) is 10.3. The first-order valence-electron chi connectivity index (χ1n) is 17.9. The lowest BCUT2D eigenvalue weighted by Crippen LogP contribution is -2.47. The number of rotatable bonds is 13. The summed E-state index contributed by atoms with van der Waals surface area (Å²) in [6, 6.07) is 27.9. The predicted octanol–water partition coefficient (Wildman–Crippen LogP) is 8.94. The fourth-order valence-corrected chi connectivity index (χ4v) is 8.72. The molecule has 13 heteroatoms. The van der Waals surface area contributed by atoms with E-state index >= 15 is 0 Å². The van der Waals surface area contributed by atoms with Crippen LogP contribution < -0.4 is 9.64 Å². The van der Waals surface area contributed by atoms with E-state index < -0.39 is 6.09 Å². The molecule has 6 rings (SSSR count). The maximum Gasteiger partial charge on any atom is 0.419 e. The Labute approximate surface area is 324 Å². The van der Waals surface area contributed by atoms with Crippen LogP contribution in [0.25, 0.3) is 0 Å². The molecule has 2 aliphatic rings. The Morgan fingerprint density at radius 3 is 2.30 bits per heavy atom. The zero-order valence-corrected chi connectivity index (χ0v) is 33.2. The molecule has 1 unspecified atom stereocenters. The number of carbonyl (C=O) groups is 2. The average Bonchev–Trinajstić information content (AvgIpc) is 3.49. The molecule has 1 aromatic heterocycles. The zero-order chi connectivity index (χ0) is 37.2. The van der Waals surface area contributed by atoms with Crippen LogP contribution in [0.2, 0.25) is 0 Å². The van der Waals surface area contributed by atoms with Crippen molar-refractivity contribution in [3.8, 4) is 5.75 Å². The summed E-state index contributed by atoms with van der Waals surface area (Å²) in [7, 11) is 7.05. The Bertz CT molecular complexity index is 1850. The number of piperazine rings is 1. The third-order valence-corrected chi connectivity index (χ3v) is 12.4. The van der Waals surface area contributed by atoms with Crippen LogP contribution in [-0.2, 0) is 9.47 Å². The highest BCUT2D eigenvalue weighted by Gasteiger charge is 2.33. The summed E-state index contributed by atoms with van der Waals surface area (Å²) in [6.45, 7) is 8.78. The number of likely N-dealkylation sites (N-methyl/N-ethyl adjacent to an activating group) is 1. The fraction of sp³-hybridized carbons (Fsp3) is 0.375. The molecule has 10 nitrogen and oxygen atoms in total. The lowest BCUT2D eigenvalue weighted by molar-refractivity contribution is 0.109. The number of amidine groups is 1. The molecule has 0 N–H and O–H groups in total. The number of hydrogen-bond acceptors (Lipinski definition) is 11. The second kappa shape index (κ2) is 18.7. The second-order valence-corrected chi connectivity index (χ2v) is 17.0. The average molecular weight is 774 g/mol. The van der Waals surface area contributed by atoms with Gasteiger partial charge in [0.05, 0.1) is 16.9 Å². The Kier molecular flexibility index (Phi) is 13.6. The molecule has 4 aromatic rings. The number of hydrogen-bond donors (Lipinski definition) is 0. The first-order chi connectivity index (χ1) is 25.8. The first-order valence-corrected chi connectivity index (χ1v) is 21.2. The summed E-state index contributed by atoms with van der Waals surface area (Å²) >= 11 is 1.58. The van der Waals surface area contributed by atoms with Crippen molar-refractivity contribution in [2.24, 2.45) is 4.99 Å². The molecule has 3 heterocycles. The van der Waals surface area contributed by atoms with Crippen molar-refractivity contribution >= 4 is 67.3 Å². The molecular weight excluding hydrogens is 727 g/mol. The normalized spacial score (nSPS) is 14.8. The summed E-state index contributed by atoms with van der Waals surface area (Å²) in [4.78, 5) is 40.6. The molecule has 3 aromatic carbocycles. The van der Waals surface area contributed by atoms with Crippen molar-refractivity contribution in [3.63, 3.8) is 0 Å². The lowest BCUT2D eigenvalue weighted by atomic mass is 10.1. The molecule has 53 heavy (non-hydrogen) atoms. The molecule has 1 fully saturated rings. The van der Waals surface area contributed by atoms with E-state index in [0.29, 0.717) is 30.2 Å². The zero-order valence-electron chi connectivity index (χ0n) is 30.7. The number of para-hydroxylation sites is 2. The summed E-state index contributed by atoms with van der Waals surface area (Å²) in [5, 5.41) is 0.832. The monoisotopic (exact) mass is 773 g/mol. The van der Waals surface area contributed by atoms with Gasteiger partial charge in [-0.1, -0.05) is 81.7 Å². The van der Waals surface area contributed by atoms with Gasteiger partial charge in [0.1, 0.15) is 35.9 Å². The number of carbonyl (C=O) groups excluding carboxylic acids is 2. The number of benzene rings is 3. The predicted molar refractivity (Wildman–Crippen MR) is 219 cm³/mol. The van der Waals surface area contributed by atoms with Crippen molar-refractivity contribution in [1.29, 1.82) is 0 Å². The number of ether oxygens (including phenoxy) is 3. The van der Waals surface area contributed by atoms with Crippen LogP contribution in [0.4, 0.5) is 26.0 Å². The van der Waals surface area contributed by atoms with Crippen LogP contribution in [0.15, 0.2) is 89.9 Å². The Morgan fingerprint density at radius 2 is 1.57 bits per heavy atom. The van der Waals surface area contributed by atoms with Crippen LogP contribution in [0.5, 0.6) is 5.75 Å². The quantitative estimate of drug-likeness (QED) is 0.0977. The Hall–Kier alpha value is -4.17. The highest BCUT2D eigenvalue weighted by molar-refractivity contribution is 8.76. The van der Waals surface area contributed by atoms with E-state index in [0.717, 1.165) is 64.5 Å². The van der Waals surface area contributed by atoms with Crippen molar-refractivity contribution in [2.75, 3.05) is 76.4 Å². The number of thiophene rings is 1. The van der Waals surface area contributed by atoms with Crippen LogP contribution in [-0.4, -0.2) is 104 Å². The molecular formula is C40H47N5O5S3. The Morgan fingerprint density at radius 1 is 0.887 bits per heavy atom. The van der Waals surface area contributed by atoms with E-state index in [9.17, 15) is 9.59 Å². The standard InChI is InChI=1S/C40H47N5O5S3/c1-29-14-16-32(17-15-29)50-36(31-10-6-5-7-11-31)18-19-43(4)39(46)48-24-26-51-52-27-25-49-40(47)45-35-13-9-8-12-34(35)41-37(33-28-30(2)53-38(33)45)44-22-20-42(3)21-23-44/h5-17,28,36H,18-27H2,1-4H3. The van der Waals surface area contributed by atoms with E-state index in [-0.39, 0.29) is 25.4 Å². The smallest absolute Gasteiger partial charge is 0.419 e. The van der Waals surface area contributed by atoms with Gasteiger partial charge in [-0.15, -0.1) is 11.3 Å². The van der Waals surface area contributed by atoms with Crippen LogP contribution in [0.1, 0.15) is 34.1 Å². The molecule has 0 radical (unpaired) electrons. The van der Waals surface area contributed by atoms with Gasteiger partial charge < -0.3 is 28.9 Å². The maximum absolute atomic E-state index is 13.7. The molecule has 0 spiro atoms. The fourth-order valence-electron chi connectivity index (χ4n) is 6.06. The van der Waals surface area contributed by atoms with Gasteiger partial charge in [-0.05, 0) is 56.8 Å². The minimum absolute atomic E-state index is 0.200. The summed E-state index contributed by atoms with van der Waals surface area (Å²) in [5.41, 5.74) is 4.65. The third-order valence-electron chi connectivity index (χ3n) is 8.99. The van der Waals surface area contributed by atoms with Crippen molar-refractivity contribution < 1.29 is 23.8 Å². The molecule has 1 atom stereocenters. The van der Waals surface area contributed by atoms with Crippen molar-refractivity contribution in [2.45, 2.75) is 26.4 Å². The highest BCUT2D eigenvalue weighted by Crippen LogP contribution is 2.44. The van der Waals surface area contributed by atoms with Gasteiger partial charge in [-0.2, -0.15) is 0 Å². The molecule has 0 bridgehead atoms. The maximum atomic E-state index is 13.7. The van der Waals surface area contributed by atoms with E-state index in [1.807, 2.05) is 85.8 Å². The molecule has 0 aliphatic carbocycles. The number of anilines is 2. The largest absolute Gasteiger partial charge is 0.486 e. The lowest BCUT2D eigenvalue weighted by Gasteiger charge is -2.34. The number of aryl methyl sites for hydroxylation is 2.